The number of halogens is 7. The Labute approximate surface area is 626 Å². The fourth-order valence-electron chi connectivity index (χ4n) is 12.2. The van der Waals surface area contributed by atoms with Crippen molar-refractivity contribution in [2.45, 2.75) is 75.3 Å². The minimum Gasteiger partial charge on any atom is -0.480 e. The van der Waals surface area contributed by atoms with Crippen LogP contribution in [-0.4, -0.2) is 210 Å². The summed E-state index contributed by atoms with van der Waals surface area (Å²) in [6.45, 7) is 3.96. The number of alkyl halides is 2. The predicted octanol–water partition coefficient (Wildman–Crippen LogP) is 9.56. The van der Waals surface area contributed by atoms with Crippen LogP contribution >= 0.6 is 78.1 Å². The number of aryl methyl sites for hydroxylation is 1. The van der Waals surface area contributed by atoms with Gasteiger partial charge in [0.1, 0.15) is 53.7 Å². The van der Waals surface area contributed by atoms with E-state index in [1.165, 1.54) is 78.3 Å². The van der Waals surface area contributed by atoms with Gasteiger partial charge in [0.25, 0.3) is 5.92 Å². The number of carbonyl (C=O) groups is 6. The summed E-state index contributed by atoms with van der Waals surface area (Å²) >= 11 is 12.7. The second-order valence-corrected chi connectivity index (χ2v) is 29.7. The molecule has 0 aliphatic carbocycles. The van der Waals surface area contributed by atoms with E-state index in [2.05, 4.69) is 67.8 Å². The van der Waals surface area contributed by atoms with Crippen LogP contribution in [0.1, 0.15) is 83.8 Å². The minimum absolute atomic E-state index is 0.0353. The van der Waals surface area contributed by atoms with E-state index < -0.39 is 108 Å². The Morgan fingerprint density at radius 2 is 1.03 bits per heavy atom. The van der Waals surface area contributed by atoms with E-state index in [4.69, 9.17) is 24.2 Å². The molecule has 25 nitrogen and oxygen atoms in total. The number of carbonyl (C=O) groups excluding carboxylic acids is 3. The maximum Gasteiger partial charge on any atom is 0.338 e. The highest BCUT2D eigenvalue weighted by Gasteiger charge is 2.49. The molecule has 3 saturated heterocycles. The van der Waals surface area contributed by atoms with Crippen molar-refractivity contribution in [2.75, 3.05) is 82.6 Å². The van der Waals surface area contributed by atoms with Gasteiger partial charge in [0.05, 0.1) is 43.6 Å². The number of ether oxygens (including phenoxy) is 3. The number of likely N-dealkylation sites (tertiary alicyclic amines) is 1. The van der Waals surface area contributed by atoms with Crippen molar-refractivity contribution in [3.63, 3.8) is 0 Å². The molecule has 12 rings (SSSR count). The zero-order chi connectivity index (χ0) is 74.5. The zero-order valence-electron chi connectivity index (χ0n) is 56.1. The highest BCUT2D eigenvalue weighted by atomic mass is 79.9. The van der Waals surface area contributed by atoms with E-state index in [1.807, 2.05) is 22.2 Å². The molecule has 9 heterocycles. The first-order valence-electron chi connectivity index (χ1n) is 32.4. The van der Waals surface area contributed by atoms with E-state index in [-0.39, 0.29) is 61.1 Å². The summed E-state index contributed by atoms with van der Waals surface area (Å²) < 4.78 is 88.0. The maximum atomic E-state index is 14.1. The lowest BCUT2D eigenvalue weighted by Gasteiger charge is -2.32. The number of benzene rings is 3. The predicted molar refractivity (Wildman–Crippen MR) is 388 cm³/mol. The molecule has 6 aliphatic rings. The van der Waals surface area contributed by atoms with Gasteiger partial charge >= 0.3 is 35.8 Å². The van der Waals surface area contributed by atoms with Crippen LogP contribution in [0.4, 0.5) is 22.0 Å². The number of aliphatic imine (C=N–C) groups is 3. The molecule has 3 aromatic carbocycles. The molecule has 0 bridgehead atoms. The van der Waals surface area contributed by atoms with Crippen molar-refractivity contribution in [3.05, 3.63) is 189 Å². The number of esters is 3. The summed E-state index contributed by atoms with van der Waals surface area (Å²) in [5, 5.41) is 43.3. The number of thioether (sulfide) groups is 2. The number of carboxylic acid groups (broad SMARTS) is 3. The van der Waals surface area contributed by atoms with Gasteiger partial charge < -0.3 is 50.0 Å². The molecule has 3 fully saturated rings. The van der Waals surface area contributed by atoms with Crippen LogP contribution in [0.15, 0.2) is 154 Å². The molecule has 6 aliphatic heterocycles. The Kier molecular flexibility index (Phi) is 26.9. The van der Waals surface area contributed by atoms with Gasteiger partial charge in [0.2, 0.25) is 0 Å². The fraction of sp³-hybridized carbons (Fsp3) is 0.382. The lowest BCUT2D eigenvalue weighted by Crippen LogP contribution is -2.47. The zero-order valence-corrected chi connectivity index (χ0v) is 62.5. The first-order valence-corrected chi connectivity index (χ1v) is 38.0. The number of nitrogens with zero attached hydrogens (tertiary/aromatic N) is 10. The lowest BCUT2D eigenvalue weighted by molar-refractivity contribution is -0.143. The van der Waals surface area contributed by atoms with Gasteiger partial charge in [-0.25, -0.2) is 51.3 Å². The third-order valence-corrected chi connectivity index (χ3v) is 22.2. The van der Waals surface area contributed by atoms with Gasteiger partial charge in [-0.15, -0.1) is 22.7 Å². The summed E-state index contributed by atoms with van der Waals surface area (Å²) in [5.41, 5.74) is 3.32. The standard InChI is InChI=1S/C23H25BrFN5O4S.C23H24BrFN4O4S2.C22H21F3N4O4S/c1-29-8-6-26-21(29)20-27-16(11-30-7-3-9-35-12-17(30)22(31)32)18(23(33)34-2)19(28-20)14-5-4-13(25)10-15(14)24;1-2-33-23(32)18-16(11-29-7-3-8-34-12-17(29)22(30)31)27-20(21-26-6-9-35-21)28-19(18)14-5-4-13(25)10-15(14)24;1-2-33-21(32)16-14(10-29-11-22(24,25)9-15(29)20(30)31)27-18(19-26-7-8-34-19)28-17(16)12-3-5-13(23)6-4-12/h4-6,8,10,17,19H,3,7,9,11-12H2,1-2H3,(H,27,28)(H,31,32);4-6,9-10,17,19H,2-3,7-8,11-12H2,1H3,(H,27,28)(H,30,31);3-8,15,17H,2,9-11H2,1H3,(H,27,28)(H,30,31)/t;;15-,17?/m..0/s1. The lowest BCUT2D eigenvalue weighted by atomic mass is 9.95. The third kappa shape index (κ3) is 19.1. The van der Waals surface area contributed by atoms with Crippen molar-refractivity contribution in [2.24, 2.45) is 22.0 Å². The SMILES string of the molecule is CCOC(=O)C1=C(CN2CC(F)(F)C[C@H]2C(=O)O)NC(c2nccs2)=NC1c1ccc(F)cc1.CCOC(=O)C1=C(CN2CCCSCC2C(=O)O)NC(c2nccs2)=NC1c1ccc(F)cc1Br.COC(=O)C1=C(CN2CCCSCC2C(=O)O)NC(c2nccn2C)=NC1c1ccc(F)cc1Br. The normalized spacial score (nSPS) is 21.5. The summed E-state index contributed by atoms with van der Waals surface area (Å²) in [5.74, 6) is -5.29. The number of carboxylic acids is 3. The molecule has 552 valence electrons. The average Bonchev–Trinajstić information content (AvgIpc) is 1.14. The van der Waals surface area contributed by atoms with E-state index in [0.29, 0.717) is 89.1 Å². The molecule has 3 aromatic heterocycles. The first kappa shape index (κ1) is 78.4. The van der Waals surface area contributed by atoms with Crippen LogP contribution < -0.4 is 16.0 Å². The maximum absolute atomic E-state index is 14.1. The first-order chi connectivity index (χ1) is 49.9. The quantitative estimate of drug-likeness (QED) is 0.0235. The second kappa shape index (κ2) is 35.7. The van der Waals surface area contributed by atoms with Crippen molar-refractivity contribution in [3.8, 4) is 0 Å². The van der Waals surface area contributed by atoms with Crippen LogP contribution in [0.25, 0.3) is 0 Å². The molecular weight excluding hydrogens is 1570 g/mol. The molecule has 6 atom stereocenters. The Morgan fingerprint density at radius 3 is 1.46 bits per heavy atom. The Morgan fingerprint density at radius 1 is 0.587 bits per heavy atom. The number of hydrogen-bond donors (Lipinski definition) is 6. The van der Waals surface area contributed by atoms with Crippen LogP contribution in [0.3, 0.4) is 0 Å². The van der Waals surface area contributed by atoms with Crippen LogP contribution in [0.5, 0.6) is 0 Å². The summed E-state index contributed by atoms with van der Waals surface area (Å²) in [7, 11) is 3.10. The highest BCUT2D eigenvalue weighted by Crippen LogP contribution is 2.41. The van der Waals surface area contributed by atoms with Crippen LogP contribution in [-0.2, 0) is 50.0 Å². The summed E-state index contributed by atoms with van der Waals surface area (Å²) in [6, 6.07) is 8.38. The van der Waals surface area contributed by atoms with Crippen molar-refractivity contribution >= 4 is 131 Å². The molecule has 0 radical (unpaired) electrons. The Balaban J connectivity index is 0.000000167. The molecule has 36 heteroatoms. The topological polar surface area (TPSA) is 317 Å². The van der Waals surface area contributed by atoms with Gasteiger partial charge in [0.15, 0.2) is 33.3 Å². The van der Waals surface area contributed by atoms with Gasteiger partial charge in [-0.2, -0.15) is 23.5 Å². The number of thiazole rings is 2. The summed E-state index contributed by atoms with van der Waals surface area (Å²) in [6.07, 6.45) is 7.44. The molecule has 6 N–H and O–H groups in total. The second-order valence-electron chi connectivity index (χ2n) is 23.9. The van der Waals surface area contributed by atoms with Gasteiger partial charge in [-0.3, -0.25) is 44.1 Å². The van der Waals surface area contributed by atoms with E-state index in [1.54, 1.807) is 84.2 Å². The number of amidine groups is 3. The molecule has 0 spiro atoms. The minimum atomic E-state index is -3.19. The largest absolute Gasteiger partial charge is 0.480 e. The molecule has 104 heavy (non-hydrogen) atoms. The van der Waals surface area contributed by atoms with Crippen molar-refractivity contribution in [1.29, 1.82) is 0 Å². The number of methoxy groups -OCH3 is 1. The summed E-state index contributed by atoms with van der Waals surface area (Å²) in [4.78, 5) is 107. The van der Waals surface area contributed by atoms with Gasteiger partial charge in [-0.1, -0.05) is 56.1 Å². The number of rotatable bonds is 20. The Hall–Kier alpha value is -8.23. The van der Waals surface area contributed by atoms with Gasteiger partial charge in [-0.05, 0) is 91.3 Å². The van der Waals surface area contributed by atoms with Crippen molar-refractivity contribution in [1.82, 2.24) is 50.2 Å². The van der Waals surface area contributed by atoms with E-state index >= 15 is 0 Å². The molecule has 0 saturated carbocycles. The van der Waals surface area contributed by atoms with Gasteiger partial charge in [0, 0.05) is 119 Å². The monoisotopic (exact) mass is 1640 g/mol. The molecule has 0 amide bonds. The van der Waals surface area contributed by atoms with Crippen LogP contribution in [0, 0.1) is 17.5 Å². The average molecular weight is 1640 g/mol. The Bertz CT molecular complexity index is 4360. The fourth-order valence-corrected chi connectivity index (χ4v) is 16.7. The number of imidazole rings is 1. The third-order valence-electron chi connectivity index (χ3n) is 17.0. The smallest absolute Gasteiger partial charge is 0.338 e. The molecular formula is C68H70Br2F5N13O12S4. The van der Waals surface area contributed by atoms with E-state index in [0.717, 1.165) is 29.2 Å². The highest BCUT2D eigenvalue weighted by molar-refractivity contribution is 9.10. The molecule has 6 aromatic rings. The number of aromatic nitrogens is 4. The van der Waals surface area contributed by atoms with Crippen molar-refractivity contribution < 1.29 is 80.2 Å². The number of hydrogen-bond acceptors (Lipinski definition) is 25. The molecule has 5 unspecified atom stereocenters. The number of aliphatic carboxylic acids is 3. The van der Waals surface area contributed by atoms with Crippen LogP contribution in [0.2, 0.25) is 0 Å². The number of nitrogens with one attached hydrogen (secondary N) is 3. The van der Waals surface area contributed by atoms with E-state index in [9.17, 15) is 66.0 Å².